The highest BCUT2D eigenvalue weighted by molar-refractivity contribution is 7.89. The van der Waals surface area contributed by atoms with Gasteiger partial charge in [-0.1, -0.05) is 30.3 Å². The lowest BCUT2D eigenvalue weighted by molar-refractivity contribution is -0.138. The van der Waals surface area contributed by atoms with E-state index < -0.39 is 27.7 Å². The van der Waals surface area contributed by atoms with Gasteiger partial charge in [0.15, 0.2) is 0 Å². The molecule has 3 heterocycles. The monoisotopic (exact) mass is 518 g/mol. The van der Waals surface area contributed by atoms with Gasteiger partial charge in [0.25, 0.3) is 0 Å². The topological polar surface area (TPSA) is 84.4 Å². The number of nitrogens with zero attached hydrogens (tertiary/aromatic N) is 3. The molecule has 3 aromatic rings. The van der Waals surface area contributed by atoms with Gasteiger partial charge in [0.1, 0.15) is 11.6 Å². The Labute approximate surface area is 207 Å². The molecule has 0 amide bonds. The van der Waals surface area contributed by atoms with Crippen LogP contribution in [0.25, 0.3) is 0 Å². The van der Waals surface area contributed by atoms with E-state index in [0.717, 1.165) is 17.2 Å². The number of anilines is 1. The lowest BCUT2D eigenvalue weighted by Crippen LogP contribution is -2.38. The van der Waals surface area contributed by atoms with E-state index in [1.54, 1.807) is 12.1 Å². The van der Waals surface area contributed by atoms with Gasteiger partial charge in [-0.05, 0) is 48.2 Å². The first kappa shape index (κ1) is 24.5. The molecule has 0 radical (unpaired) electrons. The maximum atomic E-state index is 13.9. The lowest BCUT2D eigenvalue weighted by Gasteiger charge is -2.31. The summed E-state index contributed by atoms with van der Waals surface area (Å²) in [5.74, 6) is 0.181. The van der Waals surface area contributed by atoms with E-state index in [-0.39, 0.29) is 42.3 Å². The number of benzene rings is 2. The van der Waals surface area contributed by atoms with Crippen LogP contribution in [0.2, 0.25) is 0 Å². The van der Waals surface area contributed by atoms with Gasteiger partial charge in [-0.15, -0.1) is 5.10 Å². The summed E-state index contributed by atoms with van der Waals surface area (Å²) in [6.07, 6.45) is -3.51. The second kappa shape index (κ2) is 9.70. The number of sulfonamides is 1. The molecule has 0 bridgehead atoms. The van der Waals surface area contributed by atoms with Gasteiger partial charge in [0.05, 0.1) is 22.8 Å². The number of halogens is 3. The Morgan fingerprint density at radius 3 is 2.50 bits per heavy atom. The molecule has 0 atom stereocenters. The van der Waals surface area contributed by atoms with Crippen molar-refractivity contribution in [2.45, 2.75) is 42.8 Å². The smallest absolute Gasteiger partial charge is 0.418 e. The summed E-state index contributed by atoms with van der Waals surface area (Å²) in [6.45, 7) is 1.05. The van der Waals surface area contributed by atoms with E-state index >= 15 is 0 Å². The normalized spacial score (nSPS) is 17.0. The van der Waals surface area contributed by atoms with Gasteiger partial charge in [-0.3, -0.25) is 0 Å². The van der Waals surface area contributed by atoms with Gasteiger partial charge in [-0.2, -0.15) is 22.6 Å². The number of hydrogen-bond donors (Lipinski definition) is 1. The van der Waals surface area contributed by atoms with Crippen molar-refractivity contribution < 1.29 is 26.3 Å². The van der Waals surface area contributed by atoms with Gasteiger partial charge in [-0.25, -0.2) is 8.42 Å². The fourth-order valence-corrected chi connectivity index (χ4v) is 6.17. The predicted molar refractivity (Wildman–Crippen MR) is 127 cm³/mol. The fraction of sp³-hybridized carbons (Fsp3) is 0.360. The molecule has 5 rings (SSSR count). The van der Waals surface area contributed by atoms with Crippen LogP contribution >= 0.6 is 0 Å². The van der Waals surface area contributed by atoms with Crippen LogP contribution in [0.1, 0.15) is 41.1 Å². The minimum Gasteiger partial charge on any atom is -0.493 e. The molecule has 2 aliphatic heterocycles. The van der Waals surface area contributed by atoms with E-state index in [1.165, 1.54) is 10.4 Å². The first-order valence-corrected chi connectivity index (χ1v) is 13.1. The minimum absolute atomic E-state index is 0.0375. The molecular formula is C25H25F3N4O3S. The molecule has 1 aromatic heterocycles. The van der Waals surface area contributed by atoms with Gasteiger partial charge in [0.2, 0.25) is 10.0 Å². The summed E-state index contributed by atoms with van der Waals surface area (Å²) in [5, 5.41) is 10.8. The summed E-state index contributed by atoms with van der Waals surface area (Å²) < 4.78 is 74.9. The highest BCUT2D eigenvalue weighted by Crippen LogP contribution is 2.39. The molecule has 2 aromatic carbocycles. The highest BCUT2D eigenvalue weighted by atomic mass is 32.2. The van der Waals surface area contributed by atoms with Crippen molar-refractivity contribution in [2.75, 3.05) is 25.0 Å². The quantitative estimate of drug-likeness (QED) is 0.513. The Morgan fingerprint density at radius 1 is 1.03 bits per heavy atom. The van der Waals surface area contributed by atoms with Crippen LogP contribution in [-0.4, -0.2) is 42.6 Å². The van der Waals surface area contributed by atoms with Crippen molar-refractivity contribution in [1.82, 2.24) is 14.5 Å². The van der Waals surface area contributed by atoms with E-state index in [4.69, 9.17) is 4.74 Å². The molecule has 0 aliphatic carbocycles. The molecule has 190 valence electrons. The maximum absolute atomic E-state index is 13.9. The molecule has 7 nitrogen and oxygen atoms in total. The molecule has 11 heteroatoms. The SMILES string of the molecule is O=S(=O)(c1ccc2c(c1)CCO2)N1CCC(c2nnc(NCc3ccccc3)cc2C(F)(F)F)CC1. The Morgan fingerprint density at radius 2 is 1.78 bits per heavy atom. The number of ether oxygens (including phenoxy) is 1. The summed E-state index contributed by atoms with van der Waals surface area (Å²) in [4.78, 5) is 0.176. The summed E-state index contributed by atoms with van der Waals surface area (Å²) in [6, 6.07) is 15.0. The summed E-state index contributed by atoms with van der Waals surface area (Å²) >= 11 is 0. The molecule has 0 saturated carbocycles. The molecular weight excluding hydrogens is 493 g/mol. The molecule has 0 spiro atoms. The first-order valence-electron chi connectivity index (χ1n) is 11.7. The molecule has 2 aliphatic rings. The van der Waals surface area contributed by atoms with Crippen LogP contribution in [0.4, 0.5) is 19.0 Å². The zero-order valence-electron chi connectivity index (χ0n) is 19.3. The fourth-order valence-electron chi connectivity index (χ4n) is 4.65. The number of hydrogen-bond acceptors (Lipinski definition) is 6. The summed E-state index contributed by atoms with van der Waals surface area (Å²) in [5.41, 5.74) is 0.769. The van der Waals surface area contributed by atoms with Crippen molar-refractivity contribution in [2.24, 2.45) is 0 Å². The van der Waals surface area contributed by atoms with Crippen molar-refractivity contribution in [1.29, 1.82) is 0 Å². The van der Waals surface area contributed by atoms with Crippen LogP contribution in [-0.2, 0) is 29.2 Å². The Hall–Kier alpha value is -3.18. The third-order valence-corrected chi connectivity index (χ3v) is 8.48. The molecule has 0 unspecified atom stereocenters. The number of nitrogens with one attached hydrogen (secondary N) is 1. The number of alkyl halides is 3. The number of aromatic nitrogens is 2. The van der Waals surface area contributed by atoms with Gasteiger partial charge >= 0.3 is 6.18 Å². The van der Waals surface area contributed by atoms with Gasteiger partial charge in [0, 0.05) is 32.0 Å². The number of piperidine rings is 1. The van der Waals surface area contributed by atoms with Crippen molar-refractivity contribution in [3.8, 4) is 5.75 Å². The van der Waals surface area contributed by atoms with Crippen molar-refractivity contribution >= 4 is 15.8 Å². The maximum Gasteiger partial charge on any atom is 0.418 e. The molecule has 1 fully saturated rings. The van der Waals surface area contributed by atoms with E-state index in [1.807, 2.05) is 30.3 Å². The first-order chi connectivity index (χ1) is 17.2. The average Bonchev–Trinajstić information content (AvgIpc) is 3.36. The highest BCUT2D eigenvalue weighted by Gasteiger charge is 2.39. The lowest BCUT2D eigenvalue weighted by atomic mass is 9.91. The van der Waals surface area contributed by atoms with Gasteiger partial charge < -0.3 is 10.1 Å². The van der Waals surface area contributed by atoms with Crippen LogP contribution in [0.5, 0.6) is 5.75 Å². The van der Waals surface area contributed by atoms with E-state index in [2.05, 4.69) is 15.5 Å². The predicted octanol–water partition coefficient (Wildman–Crippen LogP) is 4.61. The van der Waals surface area contributed by atoms with Crippen molar-refractivity contribution in [3.63, 3.8) is 0 Å². The third kappa shape index (κ3) is 5.03. The Balaban J connectivity index is 1.30. The van der Waals surface area contributed by atoms with Crippen LogP contribution in [0.3, 0.4) is 0 Å². The van der Waals surface area contributed by atoms with Crippen LogP contribution in [0, 0.1) is 0 Å². The zero-order valence-corrected chi connectivity index (χ0v) is 20.1. The van der Waals surface area contributed by atoms with Crippen LogP contribution in [0.15, 0.2) is 59.5 Å². The standard InChI is InChI=1S/C25H25F3N4O3S/c26-25(27,28)21-15-23(29-16-17-4-2-1-3-5-17)30-31-24(21)18-8-11-32(12-9-18)36(33,34)20-6-7-22-19(14-20)10-13-35-22/h1-7,14-15,18H,8-13,16H2,(H,29,30). The average molecular weight is 519 g/mol. The third-order valence-electron chi connectivity index (χ3n) is 6.58. The summed E-state index contributed by atoms with van der Waals surface area (Å²) in [7, 11) is -3.76. The second-order valence-corrected chi connectivity index (χ2v) is 10.8. The molecule has 1 N–H and O–H groups in total. The van der Waals surface area contributed by atoms with Crippen molar-refractivity contribution in [3.05, 3.63) is 77.0 Å². The second-order valence-electron chi connectivity index (χ2n) is 8.91. The zero-order chi connectivity index (χ0) is 25.3. The molecule has 1 saturated heterocycles. The number of fused-ring (bicyclic) bond motifs is 1. The van der Waals surface area contributed by atoms with E-state index in [9.17, 15) is 21.6 Å². The Kier molecular flexibility index (Phi) is 6.60. The van der Waals surface area contributed by atoms with Crippen LogP contribution < -0.4 is 10.1 Å². The largest absolute Gasteiger partial charge is 0.493 e. The van der Waals surface area contributed by atoms with E-state index in [0.29, 0.717) is 25.3 Å². The molecule has 36 heavy (non-hydrogen) atoms. The minimum atomic E-state index is -4.61. The Bertz CT molecular complexity index is 1340. The number of rotatable bonds is 6.